The van der Waals surface area contributed by atoms with Gasteiger partial charge in [-0.15, -0.1) is 11.3 Å². The van der Waals surface area contributed by atoms with Crippen molar-refractivity contribution in [3.63, 3.8) is 0 Å². The van der Waals surface area contributed by atoms with Gasteiger partial charge in [0.05, 0.1) is 6.61 Å². The van der Waals surface area contributed by atoms with Gasteiger partial charge in [0, 0.05) is 27.2 Å². The Morgan fingerprint density at radius 3 is 2.63 bits per heavy atom. The van der Waals surface area contributed by atoms with Crippen molar-refractivity contribution in [2.75, 3.05) is 13.2 Å². The first-order valence-corrected chi connectivity index (χ1v) is 10.0. The van der Waals surface area contributed by atoms with Crippen LogP contribution in [-0.4, -0.2) is 35.0 Å². The van der Waals surface area contributed by atoms with E-state index in [0.29, 0.717) is 12.3 Å². The number of β-amino-alcohol motifs (C(OH)–C–C–N with tert-alkyl or cyclic N) is 1. The molecule has 4 nitrogen and oxygen atoms in total. The van der Waals surface area contributed by atoms with E-state index in [1.807, 2.05) is 29.5 Å². The van der Waals surface area contributed by atoms with Crippen molar-refractivity contribution in [2.24, 2.45) is 0 Å². The smallest absolute Gasteiger partial charge is 0.124 e. The maximum atomic E-state index is 10.3. The van der Waals surface area contributed by atoms with Gasteiger partial charge < -0.3 is 20.3 Å². The molecule has 3 rings (SSSR count). The summed E-state index contributed by atoms with van der Waals surface area (Å²) in [6.07, 6.45) is 0.270. The molecule has 27 heavy (non-hydrogen) atoms. The number of aliphatic hydroxyl groups excluding tert-OH is 2. The second-order valence-electron chi connectivity index (χ2n) is 7.42. The molecule has 0 aliphatic carbocycles. The largest absolute Gasteiger partial charge is 0.490 e. The van der Waals surface area contributed by atoms with E-state index >= 15 is 0 Å². The molecule has 3 N–H and O–H groups in total. The normalized spacial score (nSPS) is 13.0. The van der Waals surface area contributed by atoms with Crippen LogP contribution in [0.5, 0.6) is 5.75 Å². The minimum absolute atomic E-state index is 0.0767. The number of nitrogens with one attached hydrogen (secondary N) is 1. The van der Waals surface area contributed by atoms with Crippen LogP contribution in [0.15, 0.2) is 54.6 Å². The van der Waals surface area contributed by atoms with Crippen molar-refractivity contribution in [2.45, 2.75) is 38.5 Å². The summed E-state index contributed by atoms with van der Waals surface area (Å²) in [6, 6.07) is 18.0. The van der Waals surface area contributed by atoms with Crippen LogP contribution in [0.2, 0.25) is 0 Å². The van der Waals surface area contributed by atoms with Crippen LogP contribution in [0, 0.1) is 0 Å². The number of para-hydroxylation sites is 1. The first kappa shape index (κ1) is 19.8. The van der Waals surface area contributed by atoms with E-state index in [-0.39, 0.29) is 18.8 Å². The molecular weight excluding hydrogens is 358 g/mol. The maximum Gasteiger partial charge on any atom is 0.124 e. The molecule has 0 bridgehead atoms. The fraction of sp³-hybridized carbons (Fsp3) is 0.364. The van der Waals surface area contributed by atoms with Crippen LogP contribution in [-0.2, 0) is 13.0 Å². The molecule has 1 aromatic heterocycles. The van der Waals surface area contributed by atoms with Gasteiger partial charge >= 0.3 is 0 Å². The minimum atomic E-state index is -0.626. The first-order valence-electron chi connectivity index (χ1n) is 9.19. The Morgan fingerprint density at radius 2 is 1.85 bits per heavy atom. The summed E-state index contributed by atoms with van der Waals surface area (Å²) in [5, 5.41) is 24.3. The third-order valence-corrected chi connectivity index (χ3v) is 5.60. The van der Waals surface area contributed by atoms with E-state index in [2.05, 4.69) is 49.5 Å². The number of benzene rings is 2. The molecule has 1 heterocycles. The highest BCUT2D eigenvalue weighted by molar-refractivity contribution is 7.19. The number of rotatable bonds is 9. The number of ether oxygens (including phenoxy) is 1. The molecule has 0 aliphatic rings. The quantitative estimate of drug-likeness (QED) is 0.525. The lowest BCUT2D eigenvalue weighted by atomic mass is 9.99. The van der Waals surface area contributed by atoms with Crippen molar-refractivity contribution in [3.05, 3.63) is 65.0 Å². The van der Waals surface area contributed by atoms with Gasteiger partial charge in [0.1, 0.15) is 18.5 Å². The number of fused-ring (bicyclic) bond motifs is 1. The highest BCUT2D eigenvalue weighted by atomic mass is 32.1. The monoisotopic (exact) mass is 385 g/mol. The zero-order valence-electron chi connectivity index (χ0n) is 15.8. The van der Waals surface area contributed by atoms with Gasteiger partial charge in [-0.2, -0.15) is 0 Å². The number of hydrogen-bond donors (Lipinski definition) is 3. The predicted molar refractivity (Wildman–Crippen MR) is 111 cm³/mol. The second kappa shape index (κ2) is 8.85. The Bertz CT molecular complexity index is 842. The summed E-state index contributed by atoms with van der Waals surface area (Å²) in [5.41, 5.74) is 0.591. The van der Waals surface area contributed by atoms with Gasteiger partial charge in [-0.25, -0.2) is 0 Å². The Balaban J connectivity index is 1.50. The highest BCUT2D eigenvalue weighted by Gasteiger charge is 2.20. The van der Waals surface area contributed by atoms with Crippen molar-refractivity contribution < 1.29 is 14.9 Å². The van der Waals surface area contributed by atoms with E-state index in [4.69, 9.17) is 4.74 Å². The van der Waals surface area contributed by atoms with E-state index in [1.54, 1.807) is 6.07 Å². The summed E-state index contributed by atoms with van der Waals surface area (Å²) in [5.74, 6) is 0.614. The Morgan fingerprint density at radius 1 is 1.11 bits per heavy atom. The fourth-order valence-electron chi connectivity index (χ4n) is 3.04. The average molecular weight is 386 g/mol. The third-order valence-electron chi connectivity index (χ3n) is 4.48. The van der Waals surface area contributed by atoms with Gasteiger partial charge in [0.2, 0.25) is 0 Å². The molecule has 0 saturated heterocycles. The molecule has 144 valence electrons. The zero-order valence-corrected chi connectivity index (χ0v) is 16.6. The lowest BCUT2D eigenvalue weighted by molar-refractivity contribution is 0.0975. The molecule has 0 spiro atoms. The second-order valence-corrected chi connectivity index (χ2v) is 8.59. The zero-order chi connectivity index (χ0) is 19.3. The Hall–Kier alpha value is -1.92. The lowest BCUT2D eigenvalue weighted by Gasteiger charge is -2.27. The van der Waals surface area contributed by atoms with E-state index in [0.717, 1.165) is 12.0 Å². The standard InChI is InChI=1S/C22H27NO3S/c1-22(2,12-19-11-16-7-4-6-10-21(16)27-19)23-13-18(25)15-26-20-9-5-3-8-17(20)14-24/h3-11,18,23-25H,12-15H2,1-2H3. The van der Waals surface area contributed by atoms with Crippen LogP contribution in [0.1, 0.15) is 24.3 Å². The van der Waals surface area contributed by atoms with Crippen LogP contribution < -0.4 is 10.1 Å². The molecule has 2 aromatic carbocycles. The Labute approximate surface area is 164 Å². The topological polar surface area (TPSA) is 61.7 Å². The molecular formula is C22H27NO3S. The van der Waals surface area contributed by atoms with Gasteiger partial charge in [0.25, 0.3) is 0 Å². The third kappa shape index (κ3) is 5.53. The Kier molecular flexibility index (Phi) is 6.50. The van der Waals surface area contributed by atoms with E-state index in [9.17, 15) is 10.2 Å². The van der Waals surface area contributed by atoms with Crippen molar-refractivity contribution in [1.29, 1.82) is 0 Å². The minimum Gasteiger partial charge on any atom is -0.490 e. The van der Waals surface area contributed by atoms with Crippen LogP contribution in [0.4, 0.5) is 0 Å². The molecule has 0 fully saturated rings. The molecule has 5 heteroatoms. The molecule has 3 aromatic rings. The number of thiophene rings is 1. The predicted octanol–water partition coefficient (Wildman–Crippen LogP) is 3.74. The summed E-state index contributed by atoms with van der Waals surface area (Å²) < 4.78 is 6.97. The molecule has 0 amide bonds. The number of aliphatic hydroxyl groups is 2. The van der Waals surface area contributed by atoms with Gasteiger partial charge in [-0.3, -0.25) is 0 Å². The molecule has 0 radical (unpaired) electrons. The van der Waals surface area contributed by atoms with Crippen molar-refractivity contribution in [3.8, 4) is 5.75 Å². The first-order chi connectivity index (χ1) is 13.0. The fourth-order valence-corrected chi connectivity index (χ4v) is 4.33. The molecule has 1 unspecified atom stereocenters. The highest BCUT2D eigenvalue weighted by Crippen LogP contribution is 2.28. The van der Waals surface area contributed by atoms with Crippen LogP contribution in [0.25, 0.3) is 10.1 Å². The van der Waals surface area contributed by atoms with Crippen molar-refractivity contribution >= 4 is 21.4 Å². The van der Waals surface area contributed by atoms with E-state index in [1.165, 1.54) is 15.0 Å². The average Bonchev–Trinajstić information content (AvgIpc) is 3.06. The maximum absolute atomic E-state index is 10.3. The van der Waals surface area contributed by atoms with Crippen molar-refractivity contribution in [1.82, 2.24) is 5.32 Å². The SMILES string of the molecule is CC(C)(Cc1cc2ccccc2s1)NCC(O)COc1ccccc1CO. The van der Waals surface area contributed by atoms with E-state index < -0.39 is 6.10 Å². The summed E-state index contributed by atoms with van der Waals surface area (Å²) in [6.45, 7) is 4.84. The van der Waals surface area contributed by atoms with Crippen LogP contribution in [0.3, 0.4) is 0 Å². The lowest BCUT2D eigenvalue weighted by Crippen LogP contribution is -2.46. The van der Waals surface area contributed by atoms with Gasteiger partial charge in [-0.05, 0) is 43.9 Å². The van der Waals surface area contributed by atoms with Crippen LogP contribution >= 0.6 is 11.3 Å². The van der Waals surface area contributed by atoms with Gasteiger partial charge in [-0.1, -0.05) is 36.4 Å². The summed E-state index contributed by atoms with van der Waals surface area (Å²) >= 11 is 1.82. The molecule has 0 aliphatic heterocycles. The summed E-state index contributed by atoms with van der Waals surface area (Å²) in [7, 11) is 0. The van der Waals surface area contributed by atoms with Gasteiger partial charge in [0.15, 0.2) is 0 Å². The molecule has 1 atom stereocenters. The molecule has 0 saturated carbocycles. The number of hydrogen-bond acceptors (Lipinski definition) is 5. The summed E-state index contributed by atoms with van der Waals surface area (Å²) in [4.78, 5) is 1.33.